The van der Waals surface area contributed by atoms with Crippen LogP contribution in [0, 0.1) is 0 Å². The molecule has 0 saturated heterocycles. The fraction of sp³-hybridized carbons (Fsp3) is 0.170. The largest absolute Gasteiger partial charge is 0.310 e. The van der Waals surface area contributed by atoms with Crippen LogP contribution in [-0.4, -0.2) is 15.8 Å². The van der Waals surface area contributed by atoms with Crippen molar-refractivity contribution in [3.63, 3.8) is 0 Å². The van der Waals surface area contributed by atoms with E-state index >= 15 is 0 Å². The van der Waals surface area contributed by atoms with Gasteiger partial charge >= 0.3 is 0 Å². The number of hydrogen-bond donors (Lipinski definition) is 0. The lowest BCUT2D eigenvalue weighted by atomic mass is 9.33. The Morgan fingerprint density at radius 3 is 0.929 bits per heavy atom. The molecule has 13 aromatic carbocycles. The summed E-state index contributed by atoms with van der Waals surface area (Å²) in [4.78, 5) is 5.48. The molecule has 0 radical (unpaired) electrons. The summed E-state index contributed by atoms with van der Waals surface area (Å²) >= 11 is 0. The molecule has 4 nitrogen and oxygen atoms in total. The van der Waals surface area contributed by atoms with Crippen LogP contribution in [-0.2, 0) is 29.1 Å². The Morgan fingerprint density at radius 1 is 0.283 bits per heavy atom. The van der Waals surface area contributed by atoms with Crippen molar-refractivity contribution in [2.24, 2.45) is 0 Å². The van der Waals surface area contributed by atoms with E-state index in [9.17, 15) is 0 Å². The van der Waals surface area contributed by atoms with E-state index in [2.05, 4.69) is 374 Å². The molecule has 0 aliphatic carbocycles. The summed E-state index contributed by atoms with van der Waals surface area (Å²) in [7, 11) is 0. The lowest BCUT2D eigenvalue weighted by molar-refractivity contribution is 0.590. The third kappa shape index (κ3) is 10.2. The number of anilines is 6. The number of hydrogen-bond acceptors (Lipinski definition) is 2. The first-order valence-electron chi connectivity index (χ1n) is 35.6. The highest BCUT2D eigenvalue weighted by Crippen LogP contribution is 2.56. The zero-order chi connectivity index (χ0) is 67.8. The van der Waals surface area contributed by atoms with Crippen LogP contribution in [0.1, 0.15) is 104 Å². The van der Waals surface area contributed by atoms with E-state index in [-0.39, 0.29) is 23.0 Å². The van der Waals surface area contributed by atoms with E-state index in [1.165, 1.54) is 144 Å². The topological polar surface area (TPSA) is 16.3 Å². The Balaban J connectivity index is 1.07. The highest BCUT2D eigenvalue weighted by atomic mass is 15.2. The second-order valence-corrected chi connectivity index (χ2v) is 30.7. The molecule has 99 heavy (non-hydrogen) atoms. The third-order valence-corrected chi connectivity index (χ3v) is 21.4. The van der Waals surface area contributed by atoms with E-state index < -0.39 is 0 Å². The molecular formula is C94H83BN4. The van der Waals surface area contributed by atoms with Gasteiger partial charge in [-0.3, -0.25) is 0 Å². The highest BCUT2D eigenvalue weighted by Gasteiger charge is 2.47. The van der Waals surface area contributed by atoms with E-state index in [4.69, 9.17) is 0 Å². The summed E-state index contributed by atoms with van der Waals surface area (Å²) in [6.45, 7) is 25.7. The number of aryl methyl sites for hydroxylation is 2. The van der Waals surface area contributed by atoms with Crippen molar-refractivity contribution in [2.75, 3.05) is 9.80 Å². The maximum atomic E-state index is 2.74. The van der Waals surface area contributed by atoms with Gasteiger partial charge < -0.3 is 18.9 Å². The van der Waals surface area contributed by atoms with Crippen molar-refractivity contribution in [1.29, 1.82) is 0 Å². The van der Waals surface area contributed by atoms with Crippen LogP contribution in [0.15, 0.2) is 279 Å². The molecule has 0 N–H and O–H groups in total. The second-order valence-electron chi connectivity index (χ2n) is 30.7. The summed E-state index contributed by atoms with van der Waals surface area (Å²) in [6.07, 6.45) is 1.93. The molecule has 4 heterocycles. The van der Waals surface area contributed by atoms with Crippen molar-refractivity contribution in [3.05, 3.63) is 307 Å². The normalized spacial score (nSPS) is 13.0. The molecule has 15 aromatic rings. The molecule has 0 fully saturated rings. The molecule has 0 amide bonds. The van der Waals surface area contributed by atoms with Gasteiger partial charge in [-0.25, -0.2) is 0 Å². The van der Waals surface area contributed by atoms with E-state index in [1.807, 2.05) is 0 Å². The number of nitrogens with zero attached hydrogens (tertiary/aromatic N) is 4. The summed E-state index contributed by atoms with van der Waals surface area (Å²) in [5.41, 5.74) is 32.9. The number of fused-ring (bicyclic) bond motifs is 10. The van der Waals surface area contributed by atoms with Gasteiger partial charge in [0.25, 0.3) is 6.71 Å². The Labute approximate surface area is 584 Å². The molecule has 482 valence electrons. The highest BCUT2D eigenvalue weighted by molar-refractivity contribution is 7.00. The monoisotopic (exact) mass is 1280 g/mol. The minimum atomic E-state index is -0.315. The number of benzene rings is 13. The van der Waals surface area contributed by atoms with Gasteiger partial charge in [0.1, 0.15) is 0 Å². The molecule has 0 bridgehead atoms. The number of para-hydroxylation sites is 2. The first-order chi connectivity index (χ1) is 47.9. The second kappa shape index (κ2) is 23.4. The molecule has 0 atom stereocenters. The zero-order valence-electron chi connectivity index (χ0n) is 58.8. The lowest BCUT2D eigenvalue weighted by Crippen LogP contribution is -2.61. The average molecular weight is 1280 g/mol. The summed E-state index contributed by atoms with van der Waals surface area (Å²) in [5.74, 6) is 0. The van der Waals surface area contributed by atoms with Crippen molar-refractivity contribution in [3.8, 4) is 55.9 Å². The van der Waals surface area contributed by atoms with Gasteiger partial charge in [-0.15, -0.1) is 0 Å². The quantitative estimate of drug-likeness (QED) is 0.127. The Kier molecular flexibility index (Phi) is 14.6. The SMILES string of the molecule is CCc1ccc2c(c1)c1cc(CC)ccc1n2-c1ccc2c(c1)N(c1c(-c3ccccc3)cc(C(C)(C)C)cc1-c1ccccc1)c1cc(C(C)(C)C)cc3c1B2c1ccc(-n2c4ccccc4c4ccccc42)cc1N3c1c(-c2ccccc2)cc(C(C)(C)C)cc1-c1ccccc1. The molecule has 2 aromatic heterocycles. The minimum absolute atomic E-state index is 0.180. The van der Waals surface area contributed by atoms with Crippen LogP contribution in [0.5, 0.6) is 0 Å². The van der Waals surface area contributed by atoms with Crippen LogP contribution >= 0.6 is 0 Å². The van der Waals surface area contributed by atoms with Crippen LogP contribution < -0.4 is 26.2 Å². The van der Waals surface area contributed by atoms with Gasteiger partial charge in [0.2, 0.25) is 0 Å². The third-order valence-electron chi connectivity index (χ3n) is 21.4. The smallest absolute Gasteiger partial charge is 0.252 e. The van der Waals surface area contributed by atoms with Gasteiger partial charge in [0.15, 0.2) is 0 Å². The summed E-state index contributed by atoms with van der Waals surface area (Å²) in [6, 6.07) is 107. The molecule has 0 spiro atoms. The van der Waals surface area contributed by atoms with E-state index in [1.54, 1.807) is 0 Å². The molecule has 17 rings (SSSR count). The van der Waals surface area contributed by atoms with Crippen molar-refractivity contribution in [1.82, 2.24) is 9.13 Å². The van der Waals surface area contributed by atoms with Crippen molar-refractivity contribution in [2.45, 2.75) is 105 Å². The Bertz CT molecular complexity index is 5460. The van der Waals surface area contributed by atoms with Crippen LogP contribution in [0.3, 0.4) is 0 Å². The maximum Gasteiger partial charge on any atom is 0.252 e. The summed E-state index contributed by atoms with van der Waals surface area (Å²) in [5, 5.41) is 5.05. The molecule has 5 heteroatoms. The van der Waals surface area contributed by atoms with Gasteiger partial charge in [-0.1, -0.05) is 258 Å². The average Bonchev–Trinajstić information content (AvgIpc) is 1.13. The van der Waals surface area contributed by atoms with Crippen molar-refractivity contribution < 1.29 is 0 Å². The van der Waals surface area contributed by atoms with E-state index in [0.717, 1.165) is 47.0 Å². The van der Waals surface area contributed by atoms with Crippen LogP contribution in [0.25, 0.3) is 99.5 Å². The molecule has 0 unspecified atom stereocenters. The van der Waals surface area contributed by atoms with Gasteiger partial charge in [-0.05, 0) is 193 Å². The number of aromatic nitrogens is 2. The fourth-order valence-corrected chi connectivity index (χ4v) is 16.2. The Morgan fingerprint density at radius 2 is 0.596 bits per heavy atom. The molecular weight excluding hydrogens is 1200 g/mol. The van der Waals surface area contributed by atoms with Gasteiger partial charge in [0.05, 0.1) is 33.4 Å². The van der Waals surface area contributed by atoms with Crippen molar-refractivity contribution >= 4 is 101 Å². The lowest BCUT2D eigenvalue weighted by Gasteiger charge is -2.47. The Hall–Kier alpha value is -10.9. The zero-order valence-corrected chi connectivity index (χ0v) is 58.8. The van der Waals surface area contributed by atoms with E-state index in [0.29, 0.717) is 0 Å². The minimum Gasteiger partial charge on any atom is -0.310 e. The molecule has 0 saturated carbocycles. The standard InChI is InChI=1S/C94H83BN4/c1-12-60-42-48-83-77(50-60)78-51-61(13-2)43-49-84(78)97(83)70-45-47-80-86(59-70)99(91-75(64-34-22-16-23-35-64)54-67(93(6,7)8)55-76(91)65-36-24-17-25-37-65)88-57-68(94(9,10)11)56-87-89(88)95(80)79-46-44-69(96-81-40-28-26-38-71(81)72-39-27-29-41-82(72)96)58-85(79)98(87)90-73(62-30-18-14-19-31-62)52-66(92(3,4)5)53-74(90)63-32-20-15-21-33-63/h14-59H,12-13H2,1-11H3. The van der Waals surface area contributed by atoms with Gasteiger partial charge in [-0.2, -0.15) is 0 Å². The first-order valence-corrected chi connectivity index (χ1v) is 35.6. The van der Waals surface area contributed by atoms with Gasteiger partial charge in [0, 0.05) is 77.9 Å². The maximum absolute atomic E-state index is 2.74. The predicted molar refractivity (Wildman–Crippen MR) is 426 cm³/mol. The summed E-state index contributed by atoms with van der Waals surface area (Å²) < 4.78 is 5.06. The molecule has 2 aliphatic rings. The first kappa shape index (κ1) is 61.7. The molecule has 2 aliphatic heterocycles. The van der Waals surface area contributed by atoms with Crippen LogP contribution in [0.2, 0.25) is 0 Å². The number of rotatable bonds is 10. The fourth-order valence-electron chi connectivity index (χ4n) is 16.2. The predicted octanol–water partition coefficient (Wildman–Crippen LogP) is 23.6. The van der Waals surface area contributed by atoms with Crippen LogP contribution in [0.4, 0.5) is 34.1 Å².